The summed E-state index contributed by atoms with van der Waals surface area (Å²) in [7, 11) is 1.84. The Kier molecular flexibility index (Phi) is 4.97. The number of rotatable bonds is 6. The number of aryl methyl sites for hydroxylation is 1. The standard InChI is InChI=1S/C13H19NO3/c1-3-10-4-6-11(7-5-10)14(2)9-12(15)8-13(16)17/h4-7,12,15H,3,8-9H2,1-2H3,(H,16,17). The molecular weight excluding hydrogens is 218 g/mol. The number of carbonyl (C=O) groups is 1. The molecule has 1 aromatic carbocycles. The van der Waals surface area contributed by atoms with Crippen molar-refractivity contribution in [3.8, 4) is 0 Å². The van der Waals surface area contributed by atoms with E-state index in [0.717, 1.165) is 12.1 Å². The average Bonchev–Trinajstić information content (AvgIpc) is 2.28. The summed E-state index contributed by atoms with van der Waals surface area (Å²) in [5.74, 6) is -0.979. The van der Waals surface area contributed by atoms with Crippen molar-refractivity contribution in [2.45, 2.75) is 25.9 Å². The molecule has 17 heavy (non-hydrogen) atoms. The van der Waals surface area contributed by atoms with Crippen LogP contribution in [0.5, 0.6) is 0 Å². The van der Waals surface area contributed by atoms with Crippen molar-refractivity contribution in [2.75, 3.05) is 18.5 Å². The van der Waals surface area contributed by atoms with E-state index in [9.17, 15) is 9.90 Å². The second-order valence-electron chi connectivity index (χ2n) is 4.15. The summed E-state index contributed by atoms with van der Waals surface area (Å²) in [6, 6.07) is 8.03. The van der Waals surface area contributed by atoms with Crippen LogP contribution in [-0.2, 0) is 11.2 Å². The molecule has 2 N–H and O–H groups in total. The van der Waals surface area contributed by atoms with Gasteiger partial charge in [0.2, 0.25) is 0 Å². The van der Waals surface area contributed by atoms with E-state index >= 15 is 0 Å². The summed E-state index contributed by atoms with van der Waals surface area (Å²) in [5, 5.41) is 18.1. The van der Waals surface area contributed by atoms with Gasteiger partial charge in [0.1, 0.15) is 0 Å². The Morgan fingerprint density at radius 2 is 1.94 bits per heavy atom. The molecule has 94 valence electrons. The van der Waals surface area contributed by atoms with Crippen molar-refractivity contribution in [1.29, 1.82) is 0 Å². The first-order chi connectivity index (χ1) is 8.02. The van der Waals surface area contributed by atoms with E-state index in [1.165, 1.54) is 5.56 Å². The number of aliphatic hydroxyl groups excluding tert-OH is 1. The predicted molar refractivity (Wildman–Crippen MR) is 67.3 cm³/mol. The highest BCUT2D eigenvalue weighted by molar-refractivity contribution is 5.67. The van der Waals surface area contributed by atoms with Crippen molar-refractivity contribution in [2.24, 2.45) is 0 Å². The highest BCUT2D eigenvalue weighted by Gasteiger charge is 2.12. The van der Waals surface area contributed by atoms with E-state index < -0.39 is 12.1 Å². The van der Waals surface area contributed by atoms with Crippen LogP contribution in [0, 0.1) is 0 Å². The average molecular weight is 237 g/mol. The van der Waals surface area contributed by atoms with Crippen molar-refractivity contribution < 1.29 is 15.0 Å². The number of aliphatic hydroxyl groups is 1. The quantitative estimate of drug-likeness (QED) is 0.787. The molecule has 0 bridgehead atoms. The van der Waals surface area contributed by atoms with Gasteiger partial charge >= 0.3 is 5.97 Å². The normalized spacial score (nSPS) is 12.2. The second kappa shape index (κ2) is 6.25. The highest BCUT2D eigenvalue weighted by Crippen LogP contribution is 2.14. The SMILES string of the molecule is CCc1ccc(N(C)CC(O)CC(=O)O)cc1. The fraction of sp³-hybridized carbons (Fsp3) is 0.462. The van der Waals surface area contributed by atoms with Crippen molar-refractivity contribution >= 4 is 11.7 Å². The first-order valence-corrected chi connectivity index (χ1v) is 5.73. The minimum Gasteiger partial charge on any atom is -0.481 e. The van der Waals surface area contributed by atoms with Gasteiger partial charge in [-0.25, -0.2) is 0 Å². The molecule has 0 heterocycles. The molecular formula is C13H19NO3. The number of aliphatic carboxylic acids is 1. The molecule has 1 aromatic rings. The molecule has 0 amide bonds. The van der Waals surface area contributed by atoms with Gasteiger partial charge in [-0.2, -0.15) is 0 Å². The zero-order valence-electron chi connectivity index (χ0n) is 10.3. The predicted octanol–water partition coefficient (Wildman–Crippen LogP) is 1.52. The molecule has 0 fully saturated rings. The van der Waals surface area contributed by atoms with E-state index in [4.69, 9.17) is 5.11 Å². The Morgan fingerprint density at radius 3 is 2.41 bits per heavy atom. The third-order valence-electron chi connectivity index (χ3n) is 2.68. The number of likely N-dealkylation sites (N-methyl/N-ethyl adjacent to an activating group) is 1. The molecule has 1 unspecified atom stereocenters. The molecule has 0 aliphatic rings. The molecule has 0 saturated heterocycles. The zero-order chi connectivity index (χ0) is 12.8. The van der Waals surface area contributed by atoms with Gasteiger partial charge in [-0.1, -0.05) is 19.1 Å². The number of benzene rings is 1. The second-order valence-corrected chi connectivity index (χ2v) is 4.15. The molecule has 0 aliphatic heterocycles. The third-order valence-corrected chi connectivity index (χ3v) is 2.68. The van der Waals surface area contributed by atoms with Crippen LogP contribution in [0.2, 0.25) is 0 Å². The molecule has 1 atom stereocenters. The first kappa shape index (κ1) is 13.5. The lowest BCUT2D eigenvalue weighted by Gasteiger charge is -2.22. The molecule has 1 rings (SSSR count). The molecule has 4 nitrogen and oxygen atoms in total. The largest absolute Gasteiger partial charge is 0.481 e. The van der Waals surface area contributed by atoms with Gasteiger partial charge in [0.05, 0.1) is 12.5 Å². The highest BCUT2D eigenvalue weighted by atomic mass is 16.4. The van der Waals surface area contributed by atoms with E-state index in [-0.39, 0.29) is 6.42 Å². The third kappa shape index (κ3) is 4.44. The lowest BCUT2D eigenvalue weighted by atomic mass is 10.1. The fourth-order valence-corrected chi connectivity index (χ4v) is 1.67. The fourth-order valence-electron chi connectivity index (χ4n) is 1.67. The van der Waals surface area contributed by atoms with E-state index in [2.05, 4.69) is 6.92 Å². The van der Waals surface area contributed by atoms with E-state index in [1.807, 2.05) is 36.2 Å². The van der Waals surface area contributed by atoms with Crippen molar-refractivity contribution in [1.82, 2.24) is 0 Å². The zero-order valence-corrected chi connectivity index (χ0v) is 10.3. The van der Waals surface area contributed by atoms with Crippen LogP contribution in [0.1, 0.15) is 18.9 Å². The Hall–Kier alpha value is -1.55. The maximum Gasteiger partial charge on any atom is 0.306 e. The maximum atomic E-state index is 10.4. The van der Waals surface area contributed by atoms with Gasteiger partial charge in [-0.15, -0.1) is 0 Å². The van der Waals surface area contributed by atoms with Gasteiger partial charge in [0.25, 0.3) is 0 Å². The lowest BCUT2D eigenvalue weighted by molar-refractivity contribution is -0.139. The van der Waals surface area contributed by atoms with Gasteiger partial charge in [-0.05, 0) is 24.1 Å². The Balaban J connectivity index is 2.56. The van der Waals surface area contributed by atoms with Gasteiger partial charge in [-0.3, -0.25) is 4.79 Å². The Morgan fingerprint density at radius 1 is 1.35 bits per heavy atom. The summed E-state index contributed by atoms with van der Waals surface area (Å²) in [4.78, 5) is 12.3. The smallest absolute Gasteiger partial charge is 0.306 e. The molecule has 0 aromatic heterocycles. The van der Waals surface area contributed by atoms with Crippen LogP contribution in [0.25, 0.3) is 0 Å². The monoisotopic (exact) mass is 237 g/mol. The minimum atomic E-state index is -0.979. The summed E-state index contributed by atoms with van der Waals surface area (Å²) >= 11 is 0. The summed E-state index contributed by atoms with van der Waals surface area (Å²) in [6.07, 6.45) is -0.0772. The topological polar surface area (TPSA) is 60.8 Å². The molecule has 0 saturated carbocycles. The van der Waals surface area contributed by atoms with Crippen LogP contribution >= 0.6 is 0 Å². The van der Waals surface area contributed by atoms with Crippen LogP contribution in [0.3, 0.4) is 0 Å². The number of hydrogen-bond acceptors (Lipinski definition) is 3. The molecule has 4 heteroatoms. The maximum absolute atomic E-state index is 10.4. The van der Waals surface area contributed by atoms with Gasteiger partial charge in [0, 0.05) is 19.3 Å². The van der Waals surface area contributed by atoms with Crippen LogP contribution < -0.4 is 4.90 Å². The summed E-state index contributed by atoms with van der Waals surface area (Å²) in [5.41, 5.74) is 2.24. The lowest BCUT2D eigenvalue weighted by Crippen LogP contribution is -2.30. The van der Waals surface area contributed by atoms with Crippen LogP contribution in [0.15, 0.2) is 24.3 Å². The number of nitrogens with zero attached hydrogens (tertiary/aromatic N) is 1. The summed E-state index contributed by atoms with van der Waals surface area (Å²) in [6.45, 7) is 2.41. The molecule has 0 spiro atoms. The Bertz CT molecular complexity index is 361. The molecule has 0 radical (unpaired) electrons. The number of anilines is 1. The van der Waals surface area contributed by atoms with E-state index in [1.54, 1.807) is 0 Å². The van der Waals surface area contributed by atoms with Gasteiger partial charge in [0.15, 0.2) is 0 Å². The van der Waals surface area contributed by atoms with E-state index in [0.29, 0.717) is 6.54 Å². The van der Waals surface area contributed by atoms with Gasteiger partial charge < -0.3 is 15.1 Å². The Labute approximate surface area is 101 Å². The number of carboxylic acids is 1. The summed E-state index contributed by atoms with van der Waals surface area (Å²) < 4.78 is 0. The van der Waals surface area contributed by atoms with Crippen LogP contribution in [0.4, 0.5) is 5.69 Å². The van der Waals surface area contributed by atoms with Crippen LogP contribution in [-0.4, -0.2) is 35.9 Å². The number of carboxylic acid groups (broad SMARTS) is 1. The minimum absolute atomic E-state index is 0.225. The molecule has 0 aliphatic carbocycles. The number of hydrogen-bond donors (Lipinski definition) is 2. The van der Waals surface area contributed by atoms with Crippen molar-refractivity contribution in [3.05, 3.63) is 29.8 Å². The van der Waals surface area contributed by atoms with Crippen molar-refractivity contribution in [3.63, 3.8) is 0 Å². The first-order valence-electron chi connectivity index (χ1n) is 5.73.